The second-order valence-electron chi connectivity index (χ2n) is 8.09. The Balaban J connectivity index is 1.88. The van der Waals surface area contributed by atoms with Gasteiger partial charge in [-0.3, -0.25) is 24.3 Å². The van der Waals surface area contributed by atoms with Gasteiger partial charge in [-0.1, -0.05) is 6.07 Å². The molecule has 1 atom stereocenters. The lowest BCUT2D eigenvalue weighted by atomic mass is 9.95. The van der Waals surface area contributed by atoms with E-state index in [9.17, 15) is 19.5 Å². The Bertz CT molecular complexity index is 1330. The van der Waals surface area contributed by atoms with Gasteiger partial charge in [0.05, 0.1) is 18.2 Å². The highest BCUT2D eigenvalue weighted by molar-refractivity contribution is 6.51. The minimum absolute atomic E-state index is 0.0327. The average molecular weight is 472 g/mol. The molecule has 1 saturated heterocycles. The van der Waals surface area contributed by atoms with E-state index in [-0.39, 0.29) is 17.2 Å². The summed E-state index contributed by atoms with van der Waals surface area (Å²) >= 11 is 0. The van der Waals surface area contributed by atoms with Crippen molar-refractivity contribution < 1.29 is 24.2 Å². The maximum Gasteiger partial charge on any atom is 0.300 e. The number of aliphatic hydroxyl groups is 1. The van der Waals surface area contributed by atoms with Crippen molar-refractivity contribution in [1.82, 2.24) is 4.98 Å². The molecule has 1 aliphatic rings. The molecule has 8 heteroatoms. The van der Waals surface area contributed by atoms with Crippen molar-refractivity contribution in [2.45, 2.75) is 26.8 Å². The van der Waals surface area contributed by atoms with Crippen LogP contribution in [0.1, 0.15) is 36.6 Å². The summed E-state index contributed by atoms with van der Waals surface area (Å²) in [6, 6.07) is 14.2. The molecule has 178 valence electrons. The topological polar surface area (TPSA) is 109 Å². The molecular weight excluding hydrogens is 446 g/mol. The first-order valence-corrected chi connectivity index (χ1v) is 11.1. The number of aryl methyl sites for hydroxylation is 1. The van der Waals surface area contributed by atoms with Crippen LogP contribution in [0.25, 0.3) is 5.76 Å². The Labute approximate surface area is 202 Å². The number of aromatic nitrogens is 1. The molecule has 1 aliphatic heterocycles. The lowest BCUT2D eigenvalue weighted by Gasteiger charge is -2.25. The van der Waals surface area contributed by atoms with Crippen molar-refractivity contribution in [2.24, 2.45) is 0 Å². The fraction of sp³-hybridized carbons (Fsp3) is 0.185. The molecule has 1 fully saturated rings. The Morgan fingerprint density at radius 2 is 1.86 bits per heavy atom. The minimum Gasteiger partial charge on any atom is -0.507 e. The number of carbonyl (C=O) groups is 3. The second-order valence-corrected chi connectivity index (χ2v) is 8.09. The zero-order valence-corrected chi connectivity index (χ0v) is 19.6. The summed E-state index contributed by atoms with van der Waals surface area (Å²) in [5, 5.41) is 14.0. The van der Waals surface area contributed by atoms with Gasteiger partial charge in [0.2, 0.25) is 5.91 Å². The number of amides is 2. The van der Waals surface area contributed by atoms with E-state index in [0.717, 1.165) is 5.56 Å². The van der Waals surface area contributed by atoms with Crippen LogP contribution in [0.5, 0.6) is 5.75 Å². The highest BCUT2D eigenvalue weighted by atomic mass is 16.5. The summed E-state index contributed by atoms with van der Waals surface area (Å²) in [5.74, 6) is -1.46. The van der Waals surface area contributed by atoms with Crippen LogP contribution in [0.3, 0.4) is 0 Å². The number of rotatable bonds is 6. The third-order valence-corrected chi connectivity index (χ3v) is 5.66. The van der Waals surface area contributed by atoms with Gasteiger partial charge in [-0.05, 0) is 73.5 Å². The van der Waals surface area contributed by atoms with Gasteiger partial charge < -0.3 is 15.2 Å². The van der Waals surface area contributed by atoms with E-state index in [1.165, 1.54) is 11.8 Å². The van der Waals surface area contributed by atoms with E-state index in [1.807, 2.05) is 13.8 Å². The van der Waals surface area contributed by atoms with Gasteiger partial charge in [-0.2, -0.15) is 0 Å². The number of nitrogens with zero attached hydrogens (tertiary/aromatic N) is 2. The van der Waals surface area contributed by atoms with E-state index >= 15 is 0 Å². The Morgan fingerprint density at radius 1 is 1.11 bits per heavy atom. The minimum atomic E-state index is -0.891. The average Bonchev–Trinajstić information content (AvgIpc) is 3.11. The van der Waals surface area contributed by atoms with Crippen LogP contribution in [0.15, 0.2) is 72.6 Å². The molecule has 8 nitrogen and oxygen atoms in total. The van der Waals surface area contributed by atoms with E-state index in [2.05, 4.69) is 10.3 Å². The molecule has 2 N–H and O–H groups in total. The molecule has 2 aromatic carbocycles. The number of Topliss-reactive ketones (excluding diaryl/α,β-unsaturated/α-hetero) is 1. The third kappa shape index (κ3) is 4.63. The van der Waals surface area contributed by atoms with Crippen molar-refractivity contribution in [1.29, 1.82) is 0 Å². The van der Waals surface area contributed by atoms with Gasteiger partial charge in [0.1, 0.15) is 11.5 Å². The van der Waals surface area contributed by atoms with Gasteiger partial charge in [0.25, 0.3) is 11.7 Å². The highest BCUT2D eigenvalue weighted by Crippen LogP contribution is 2.42. The molecule has 3 aromatic rings. The summed E-state index contributed by atoms with van der Waals surface area (Å²) in [6.07, 6.45) is 3.12. The molecule has 2 amide bonds. The summed E-state index contributed by atoms with van der Waals surface area (Å²) < 4.78 is 5.58. The first-order valence-electron chi connectivity index (χ1n) is 11.1. The zero-order chi connectivity index (χ0) is 25.1. The van der Waals surface area contributed by atoms with Gasteiger partial charge in [-0.15, -0.1) is 0 Å². The number of carbonyl (C=O) groups excluding carboxylic acids is 3. The normalized spacial score (nSPS) is 16.9. The van der Waals surface area contributed by atoms with Crippen LogP contribution in [0, 0.1) is 6.92 Å². The predicted octanol–water partition coefficient (Wildman–Crippen LogP) is 4.37. The van der Waals surface area contributed by atoms with Gasteiger partial charge in [-0.25, -0.2) is 0 Å². The molecular formula is C27H25N3O5. The molecule has 35 heavy (non-hydrogen) atoms. The van der Waals surface area contributed by atoms with Gasteiger partial charge >= 0.3 is 0 Å². The maximum absolute atomic E-state index is 13.3. The van der Waals surface area contributed by atoms with Crippen molar-refractivity contribution in [3.05, 3.63) is 89.3 Å². The smallest absolute Gasteiger partial charge is 0.300 e. The van der Waals surface area contributed by atoms with E-state index < -0.39 is 17.7 Å². The third-order valence-electron chi connectivity index (χ3n) is 5.66. The number of hydrogen-bond acceptors (Lipinski definition) is 6. The summed E-state index contributed by atoms with van der Waals surface area (Å²) in [5.41, 5.74) is 2.64. The van der Waals surface area contributed by atoms with E-state index in [4.69, 9.17) is 4.74 Å². The van der Waals surface area contributed by atoms with E-state index in [1.54, 1.807) is 67.0 Å². The fourth-order valence-electron chi connectivity index (χ4n) is 4.17. The number of ether oxygens (including phenoxy) is 1. The Morgan fingerprint density at radius 3 is 2.51 bits per heavy atom. The molecule has 2 heterocycles. The first kappa shape index (κ1) is 23.7. The number of hydrogen-bond donors (Lipinski definition) is 2. The van der Waals surface area contributed by atoms with Gasteiger partial charge in [0.15, 0.2) is 0 Å². The number of pyridine rings is 1. The number of ketones is 1. The first-order chi connectivity index (χ1) is 16.8. The quantitative estimate of drug-likeness (QED) is 0.314. The summed E-state index contributed by atoms with van der Waals surface area (Å²) in [6.45, 7) is 5.60. The van der Waals surface area contributed by atoms with Crippen molar-refractivity contribution >= 4 is 34.7 Å². The van der Waals surface area contributed by atoms with Crippen LogP contribution in [-0.2, 0) is 14.4 Å². The van der Waals surface area contributed by atoms with Gasteiger partial charge in [0, 0.05) is 36.3 Å². The Kier molecular flexibility index (Phi) is 6.64. The number of anilines is 2. The molecule has 1 unspecified atom stereocenters. The van der Waals surface area contributed by atoms with Crippen LogP contribution in [0.2, 0.25) is 0 Å². The second kappa shape index (κ2) is 9.80. The molecule has 0 aliphatic carbocycles. The largest absolute Gasteiger partial charge is 0.507 e. The van der Waals surface area contributed by atoms with Crippen LogP contribution in [-0.4, -0.2) is 34.3 Å². The lowest BCUT2D eigenvalue weighted by molar-refractivity contribution is -0.132. The molecule has 1 aromatic heterocycles. The number of nitrogens with one attached hydrogen (secondary N) is 1. The number of aliphatic hydroxyl groups excluding tert-OH is 1. The fourth-order valence-corrected chi connectivity index (χ4v) is 4.17. The zero-order valence-electron chi connectivity index (χ0n) is 19.6. The molecule has 0 spiro atoms. The maximum atomic E-state index is 13.3. The molecule has 0 saturated carbocycles. The van der Waals surface area contributed by atoms with Crippen molar-refractivity contribution in [3.8, 4) is 5.75 Å². The van der Waals surface area contributed by atoms with Crippen molar-refractivity contribution in [3.63, 3.8) is 0 Å². The van der Waals surface area contributed by atoms with Crippen LogP contribution < -0.4 is 15.0 Å². The Hall–Kier alpha value is -4.46. The molecule has 0 bridgehead atoms. The molecule has 0 radical (unpaired) electrons. The lowest BCUT2D eigenvalue weighted by Crippen LogP contribution is -2.29. The SMILES string of the molecule is CCOc1ccc(/C(O)=C2\C(=O)C(=O)N(c3cccc(NC(C)=O)c3)C2c2ccncc2)cc1C. The highest BCUT2D eigenvalue weighted by Gasteiger charge is 2.47. The summed E-state index contributed by atoms with van der Waals surface area (Å²) in [4.78, 5) is 43.5. The molecule has 4 rings (SSSR count). The number of benzene rings is 2. The predicted molar refractivity (Wildman–Crippen MR) is 132 cm³/mol. The van der Waals surface area contributed by atoms with Crippen molar-refractivity contribution in [2.75, 3.05) is 16.8 Å². The summed E-state index contributed by atoms with van der Waals surface area (Å²) in [7, 11) is 0. The van der Waals surface area contributed by atoms with Crippen LogP contribution >= 0.6 is 0 Å². The monoisotopic (exact) mass is 471 g/mol. The van der Waals surface area contributed by atoms with E-state index in [0.29, 0.717) is 34.9 Å². The standard InChI is InChI=1S/C27H25N3O5/c1-4-35-22-9-8-19(14-16(22)2)25(32)23-24(18-10-12-28-13-11-18)30(27(34)26(23)33)21-7-5-6-20(15-21)29-17(3)31/h5-15,24,32H,4H2,1-3H3,(H,29,31)/b25-23+. The van der Waals surface area contributed by atoms with Crippen LogP contribution in [0.4, 0.5) is 11.4 Å².